The van der Waals surface area contributed by atoms with Gasteiger partial charge in [0.1, 0.15) is 10.5 Å². The lowest BCUT2D eigenvalue weighted by Crippen LogP contribution is -2.42. The minimum absolute atomic E-state index is 0.129. The van der Waals surface area contributed by atoms with Gasteiger partial charge in [0.25, 0.3) is 0 Å². The Hall–Kier alpha value is -1.61. The highest BCUT2D eigenvalue weighted by atomic mass is 32.2. The Labute approximate surface area is 169 Å². The Morgan fingerprint density at radius 1 is 1.17 bits per heavy atom. The van der Waals surface area contributed by atoms with Crippen LogP contribution in [0.1, 0.15) is 12.8 Å². The largest absolute Gasteiger partial charge is 0.392 e. The van der Waals surface area contributed by atoms with Gasteiger partial charge in [0, 0.05) is 6.54 Å². The molecule has 0 fully saturated rings. The fourth-order valence-corrected chi connectivity index (χ4v) is 4.21. The zero-order chi connectivity index (χ0) is 23.0. The number of anilines is 1. The van der Waals surface area contributed by atoms with Crippen molar-refractivity contribution in [3.05, 3.63) is 6.33 Å². The van der Waals surface area contributed by atoms with Gasteiger partial charge in [-0.15, -0.1) is 11.8 Å². The van der Waals surface area contributed by atoms with E-state index in [4.69, 9.17) is 5.73 Å². The summed E-state index contributed by atoms with van der Waals surface area (Å²) in [4.78, 5) is 30.5. The molecule has 0 aromatic carbocycles. The summed E-state index contributed by atoms with van der Waals surface area (Å²) < 4.78 is 94.6. The first-order valence-corrected chi connectivity index (χ1v) is 10.8. The Bertz CT molecular complexity index is 930. The molecule has 170 valence electrons. The zero-order valence-electron chi connectivity index (χ0n) is 15.1. The average molecular weight is 483 g/mol. The summed E-state index contributed by atoms with van der Waals surface area (Å²) in [5.74, 6) is -0.145. The smallest absolute Gasteiger partial charge is 0.368 e. The van der Waals surface area contributed by atoms with E-state index in [0.717, 1.165) is 0 Å². The van der Waals surface area contributed by atoms with Gasteiger partial charge in [-0.3, -0.25) is 4.57 Å². The van der Waals surface area contributed by atoms with Crippen LogP contribution in [0.25, 0.3) is 11.2 Å². The van der Waals surface area contributed by atoms with E-state index in [1.165, 1.54) is 22.7 Å². The third-order valence-electron chi connectivity index (χ3n) is 3.83. The normalized spacial score (nSPS) is 13.9. The Morgan fingerprint density at radius 3 is 2.20 bits per heavy atom. The molecule has 0 aliphatic heterocycles. The number of hydrogen-bond acceptors (Lipinski definition) is 7. The summed E-state index contributed by atoms with van der Waals surface area (Å²) >= 11 is 1.18. The SMILES string of the molecule is CSc1nc(N)nc2c1ncn2CCOC(CC(F)(F)F)(CC(F)(F)F)P(=O)(O)O. The van der Waals surface area contributed by atoms with Gasteiger partial charge in [0.15, 0.2) is 11.0 Å². The van der Waals surface area contributed by atoms with Crippen molar-refractivity contribution in [1.29, 1.82) is 0 Å². The molecule has 0 bridgehead atoms. The van der Waals surface area contributed by atoms with E-state index >= 15 is 0 Å². The number of nitrogens with two attached hydrogens (primary N) is 1. The molecule has 9 nitrogen and oxygen atoms in total. The van der Waals surface area contributed by atoms with E-state index in [2.05, 4.69) is 19.7 Å². The molecule has 2 heterocycles. The number of thioether (sulfide) groups is 1. The van der Waals surface area contributed by atoms with Crippen molar-refractivity contribution >= 4 is 36.5 Å². The molecule has 0 amide bonds. The van der Waals surface area contributed by atoms with Gasteiger partial charge in [0.2, 0.25) is 5.95 Å². The molecule has 2 rings (SSSR count). The number of nitrogens with zero attached hydrogens (tertiary/aromatic N) is 4. The summed E-state index contributed by atoms with van der Waals surface area (Å²) in [6.45, 7) is -1.31. The van der Waals surface area contributed by atoms with E-state index < -0.39 is 51.3 Å². The van der Waals surface area contributed by atoms with Gasteiger partial charge in [-0.2, -0.15) is 31.3 Å². The maximum Gasteiger partial charge on any atom is 0.392 e. The Kier molecular flexibility index (Phi) is 6.98. The van der Waals surface area contributed by atoms with Crippen LogP contribution in [0.15, 0.2) is 11.4 Å². The minimum atomic E-state index is -6.01. The van der Waals surface area contributed by atoms with Crippen LogP contribution in [-0.4, -0.2) is 59.9 Å². The second kappa shape index (κ2) is 8.49. The molecule has 2 aromatic heterocycles. The summed E-state index contributed by atoms with van der Waals surface area (Å²) in [5.41, 5.74) is 5.97. The molecule has 0 unspecified atom stereocenters. The fraction of sp³-hybridized carbons (Fsp3) is 0.615. The van der Waals surface area contributed by atoms with E-state index in [1.807, 2.05) is 0 Å². The number of halogens is 6. The van der Waals surface area contributed by atoms with Crippen LogP contribution in [0.4, 0.5) is 32.3 Å². The first-order chi connectivity index (χ1) is 13.6. The molecule has 30 heavy (non-hydrogen) atoms. The summed E-state index contributed by atoms with van der Waals surface area (Å²) in [5, 5.41) is -3.44. The molecular formula is C13H16F6N5O4PS. The Balaban J connectivity index is 2.33. The highest BCUT2D eigenvalue weighted by Gasteiger charge is 2.59. The number of rotatable bonds is 8. The van der Waals surface area contributed by atoms with Crippen molar-refractivity contribution in [3.8, 4) is 0 Å². The average Bonchev–Trinajstić information content (AvgIpc) is 2.92. The lowest BCUT2D eigenvalue weighted by atomic mass is 10.1. The van der Waals surface area contributed by atoms with Crippen molar-refractivity contribution < 1.29 is 45.4 Å². The van der Waals surface area contributed by atoms with Gasteiger partial charge in [0.05, 0.1) is 25.8 Å². The van der Waals surface area contributed by atoms with Crippen LogP contribution in [-0.2, 0) is 15.8 Å². The number of fused-ring (bicyclic) bond motifs is 1. The molecule has 0 radical (unpaired) electrons. The molecule has 0 aliphatic rings. The molecule has 0 aliphatic carbocycles. The third-order valence-corrected chi connectivity index (χ3v) is 6.01. The molecule has 0 saturated heterocycles. The minimum Gasteiger partial charge on any atom is -0.368 e. The van der Waals surface area contributed by atoms with Crippen LogP contribution >= 0.6 is 19.4 Å². The first kappa shape index (κ1) is 24.7. The predicted molar refractivity (Wildman–Crippen MR) is 93.6 cm³/mol. The first-order valence-electron chi connectivity index (χ1n) is 7.92. The van der Waals surface area contributed by atoms with Crippen molar-refractivity contribution in [2.24, 2.45) is 0 Å². The van der Waals surface area contributed by atoms with E-state index in [-0.39, 0.29) is 17.1 Å². The van der Waals surface area contributed by atoms with Crippen molar-refractivity contribution in [2.45, 2.75) is 42.1 Å². The maximum atomic E-state index is 12.9. The Morgan fingerprint density at radius 2 is 1.73 bits per heavy atom. The van der Waals surface area contributed by atoms with Crippen molar-refractivity contribution in [3.63, 3.8) is 0 Å². The second-order valence-electron chi connectivity index (χ2n) is 6.12. The van der Waals surface area contributed by atoms with Gasteiger partial charge < -0.3 is 24.8 Å². The molecular weight excluding hydrogens is 467 g/mol. The highest BCUT2D eigenvalue weighted by Crippen LogP contribution is 2.60. The van der Waals surface area contributed by atoms with Gasteiger partial charge in [-0.25, -0.2) is 9.97 Å². The van der Waals surface area contributed by atoms with E-state index in [9.17, 15) is 40.7 Å². The van der Waals surface area contributed by atoms with E-state index in [1.54, 1.807) is 6.26 Å². The third kappa shape index (κ3) is 5.97. The lowest BCUT2D eigenvalue weighted by molar-refractivity contribution is -0.211. The molecule has 17 heteroatoms. The number of ether oxygens (including phenoxy) is 1. The van der Waals surface area contributed by atoms with Crippen LogP contribution in [0, 0.1) is 0 Å². The molecule has 0 spiro atoms. The topological polar surface area (TPSA) is 136 Å². The molecule has 2 aromatic rings. The van der Waals surface area contributed by atoms with Gasteiger partial charge in [-0.05, 0) is 6.26 Å². The summed E-state index contributed by atoms with van der Waals surface area (Å²) in [6.07, 6.45) is -12.8. The van der Waals surface area contributed by atoms with Gasteiger partial charge >= 0.3 is 19.9 Å². The van der Waals surface area contributed by atoms with Crippen LogP contribution in [0.3, 0.4) is 0 Å². The monoisotopic (exact) mass is 483 g/mol. The van der Waals surface area contributed by atoms with Crippen molar-refractivity contribution in [2.75, 3.05) is 18.6 Å². The molecule has 4 N–H and O–H groups in total. The fourth-order valence-electron chi connectivity index (χ4n) is 2.66. The summed E-state index contributed by atoms with van der Waals surface area (Å²) in [7, 11) is -6.01. The van der Waals surface area contributed by atoms with Crippen LogP contribution < -0.4 is 5.73 Å². The maximum absolute atomic E-state index is 12.9. The van der Waals surface area contributed by atoms with Crippen LogP contribution in [0.5, 0.6) is 0 Å². The van der Waals surface area contributed by atoms with Gasteiger partial charge in [-0.1, -0.05) is 0 Å². The molecule has 0 atom stereocenters. The highest BCUT2D eigenvalue weighted by molar-refractivity contribution is 7.98. The van der Waals surface area contributed by atoms with E-state index in [0.29, 0.717) is 5.03 Å². The zero-order valence-corrected chi connectivity index (χ0v) is 16.8. The predicted octanol–water partition coefficient (Wildman–Crippen LogP) is 2.93. The number of aromatic nitrogens is 4. The number of alkyl halides is 6. The number of hydrogen-bond donors (Lipinski definition) is 3. The second-order valence-corrected chi connectivity index (χ2v) is 8.82. The van der Waals surface area contributed by atoms with Crippen molar-refractivity contribution in [1.82, 2.24) is 19.5 Å². The standard InChI is InChI=1S/C13H16F6N5O4PS/c1-30-9-7-8(22-10(20)23-9)24(6-21-7)2-3-28-11(29(25,26)27,4-12(14,15)16)5-13(17,18)19/h6H,2-5H2,1H3,(H2,20,22,23)(H2,25,26,27). The lowest BCUT2D eigenvalue weighted by Gasteiger charge is -2.35. The molecule has 0 saturated carbocycles. The number of imidazole rings is 1. The quantitative estimate of drug-likeness (QED) is 0.224. The number of nitrogen functional groups attached to an aromatic ring is 1. The summed E-state index contributed by atoms with van der Waals surface area (Å²) in [6, 6.07) is 0. The van der Waals surface area contributed by atoms with Crippen LogP contribution in [0.2, 0.25) is 0 Å².